The first-order valence-electron chi connectivity index (χ1n) is 8.87. The lowest BCUT2D eigenvalue weighted by Gasteiger charge is -2.19. The quantitative estimate of drug-likeness (QED) is 0.597. The number of rotatable bonds is 3. The molecule has 1 aliphatic heterocycles. The van der Waals surface area contributed by atoms with Crippen LogP contribution in [0.15, 0.2) is 53.3 Å². The molecule has 4 rings (SSSR count). The Kier molecular flexibility index (Phi) is 5.06. The van der Waals surface area contributed by atoms with Gasteiger partial charge in [0, 0.05) is 52.5 Å². The lowest BCUT2D eigenvalue weighted by molar-refractivity contribution is 0.0792. The summed E-state index contributed by atoms with van der Waals surface area (Å²) in [5, 5.41) is 6.40. The Balaban J connectivity index is 1.51. The molecule has 0 aliphatic carbocycles. The predicted molar refractivity (Wildman–Crippen MR) is 114 cm³/mol. The van der Waals surface area contributed by atoms with Gasteiger partial charge in [0.25, 0.3) is 5.91 Å². The number of halogens is 2. The SMILES string of the molecule is Cc1cncc2cccc(NC3CCN(C(=O)c4ccc(Br)cc4Cl)C3)c12. The third kappa shape index (κ3) is 3.66. The monoisotopic (exact) mass is 443 g/mol. The van der Waals surface area contributed by atoms with Crippen LogP contribution in [-0.2, 0) is 0 Å². The fourth-order valence-corrected chi connectivity index (χ4v) is 4.40. The third-order valence-corrected chi connectivity index (χ3v) is 5.78. The number of aryl methyl sites for hydroxylation is 1. The van der Waals surface area contributed by atoms with Gasteiger partial charge in [0.05, 0.1) is 10.6 Å². The number of likely N-dealkylation sites (tertiary alicyclic amines) is 1. The lowest BCUT2D eigenvalue weighted by atomic mass is 10.1. The molecule has 1 aromatic heterocycles. The maximum absolute atomic E-state index is 12.8. The van der Waals surface area contributed by atoms with Gasteiger partial charge < -0.3 is 10.2 Å². The molecule has 1 unspecified atom stereocenters. The summed E-state index contributed by atoms with van der Waals surface area (Å²) in [5.74, 6) is -0.0184. The molecule has 1 saturated heterocycles. The number of hydrogen-bond donors (Lipinski definition) is 1. The third-order valence-electron chi connectivity index (χ3n) is 4.97. The molecule has 0 bridgehead atoms. The highest BCUT2D eigenvalue weighted by molar-refractivity contribution is 9.10. The predicted octanol–water partition coefficient (Wildman–Crippen LogP) is 5.29. The smallest absolute Gasteiger partial charge is 0.255 e. The molecule has 6 heteroatoms. The van der Waals surface area contributed by atoms with Crippen LogP contribution in [0.3, 0.4) is 0 Å². The average Bonchev–Trinajstić information content (AvgIpc) is 3.10. The Morgan fingerprint density at radius 3 is 2.96 bits per heavy atom. The van der Waals surface area contributed by atoms with E-state index in [9.17, 15) is 4.79 Å². The van der Waals surface area contributed by atoms with E-state index in [1.165, 1.54) is 5.39 Å². The number of carbonyl (C=O) groups excluding carboxylic acids is 1. The van der Waals surface area contributed by atoms with E-state index in [0.717, 1.165) is 27.5 Å². The molecule has 0 saturated carbocycles. The number of benzene rings is 2. The molecular weight excluding hydrogens is 426 g/mol. The summed E-state index contributed by atoms with van der Waals surface area (Å²) in [6.07, 6.45) is 4.67. The first-order chi connectivity index (χ1) is 13.0. The van der Waals surface area contributed by atoms with Crippen LogP contribution in [0.1, 0.15) is 22.3 Å². The minimum Gasteiger partial charge on any atom is -0.380 e. The van der Waals surface area contributed by atoms with E-state index in [4.69, 9.17) is 11.6 Å². The maximum atomic E-state index is 12.8. The van der Waals surface area contributed by atoms with Crippen LogP contribution in [0, 0.1) is 6.92 Å². The van der Waals surface area contributed by atoms with Crippen LogP contribution in [-0.4, -0.2) is 34.9 Å². The number of nitrogens with zero attached hydrogens (tertiary/aromatic N) is 2. The standard InChI is InChI=1S/C21H19BrClN3O/c1-13-10-24-11-14-3-2-4-19(20(13)14)25-16-7-8-26(12-16)21(27)17-6-5-15(22)9-18(17)23/h2-6,9-11,16,25H,7-8,12H2,1H3. The maximum Gasteiger partial charge on any atom is 0.255 e. The van der Waals surface area contributed by atoms with Crippen molar-refractivity contribution >= 4 is 49.9 Å². The molecule has 2 aromatic carbocycles. The van der Waals surface area contributed by atoms with Gasteiger partial charge in [0.15, 0.2) is 0 Å². The van der Waals surface area contributed by atoms with E-state index >= 15 is 0 Å². The molecule has 1 amide bonds. The molecule has 1 N–H and O–H groups in total. The molecule has 4 nitrogen and oxygen atoms in total. The van der Waals surface area contributed by atoms with Crippen molar-refractivity contribution in [3.8, 4) is 0 Å². The summed E-state index contributed by atoms with van der Waals surface area (Å²) < 4.78 is 0.867. The van der Waals surface area contributed by atoms with Crippen LogP contribution in [0.2, 0.25) is 5.02 Å². The van der Waals surface area contributed by atoms with Crippen molar-refractivity contribution in [1.29, 1.82) is 0 Å². The van der Waals surface area contributed by atoms with Gasteiger partial charge >= 0.3 is 0 Å². The van der Waals surface area contributed by atoms with Crippen molar-refractivity contribution in [2.75, 3.05) is 18.4 Å². The highest BCUT2D eigenvalue weighted by Crippen LogP contribution is 2.29. The van der Waals surface area contributed by atoms with Crippen LogP contribution in [0.5, 0.6) is 0 Å². The highest BCUT2D eigenvalue weighted by Gasteiger charge is 2.28. The molecule has 27 heavy (non-hydrogen) atoms. The zero-order chi connectivity index (χ0) is 19.0. The number of carbonyl (C=O) groups is 1. The number of fused-ring (bicyclic) bond motifs is 1. The topological polar surface area (TPSA) is 45.2 Å². The van der Waals surface area contributed by atoms with Gasteiger partial charge in [-0.15, -0.1) is 0 Å². The summed E-state index contributed by atoms with van der Waals surface area (Å²) in [4.78, 5) is 19.0. The largest absolute Gasteiger partial charge is 0.380 e. The van der Waals surface area contributed by atoms with Crippen molar-refractivity contribution < 1.29 is 4.79 Å². The zero-order valence-electron chi connectivity index (χ0n) is 14.9. The zero-order valence-corrected chi connectivity index (χ0v) is 17.2. The van der Waals surface area contributed by atoms with Crippen molar-refractivity contribution in [3.05, 3.63) is 69.4 Å². The summed E-state index contributed by atoms with van der Waals surface area (Å²) in [7, 11) is 0. The van der Waals surface area contributed by atoms with Crippen molar-refractivity contribution in [2.24, 2.45) is 0 Å². The molecule has 1 fully saturated rings. The Morgan fingerprint density at radius 2 is 2.15 bits per heavy atom. The Labute approximate surface area is 171 Å². The van der Waals surface area contributed by atoms with Crippen molar-refractivity contribution in [2.45, 2.75) is 19.4 Å². The van der Waals surface area contributed by atoms with Crippen LogP contribution < -0.4 is 5.32 Å². The molecule has 0 spiro atoms. The van der Waals surface area contributed by atoms with Crippen LogP contribution >= 0.6 is 27.5 Å². The summed E-state index contributed by atoms with van der Waals surface area (Å²) in [6, 6.07) is 11.8. The molecule has 138 valence electrons. The Hall–Kier alpha value is -2.11. The second-order valence-electron chi connectivity index (χ2n) is 6.87. The first-order valence-corrected chi connectivity index (χ1v) is 10.0. The van der Waals surface area contributed by atoms with Gasteiger partial charge in [-0.3, -0.25) is 9.78 Å². The van der Waals surface area contributed by atoms with Crippen molar-refractivity contribution in [1.82, 2.24) is 9.88 Å². The summed E-state index contributed by atoms with van der Waals surface area (Å²) in [5.41, 5.74) is 2.78. The van der Waals surface area contributed by atoms with E-state index < -0.39 is 0 Å². The van der Waals surface area contributed by atoms with E-state index in [1.807, 2.05) is 29.4 Å². The van der Waals surface area contributed by atoms with E-state index in [2.05, 4.69) is 45.3 Å². The van der Waals surface area contributed by atoms with Gasteiger partial charge in [-0.25, -0.2) is 0 Å². The molecule has 2 heterocycles. The normalized spacial score (nSPS) is 16.7. The highest BCUT2D eigenvalue weighted by atomic mass is 79.9. The number of nitrogens with one attached hydrogen (secondary N) is 1. The summed E-state index contributed by atoms with van der Waals surface area (Å²) >= 11 is 9.63. The van der Waals surface area contributed by atoms with E-state index in [1.54, 1.807) is 12.1 Å². The number of hydrogen-bond acceptors (Lipinski definition) is 3. The van der Waals surface area contributed by atoms with Gasteiger partial charge in [0.1, 0.15) is 0 Å². The van der Waals surface area contributed by atoms with E-state index in [-0.39, 0.29) is 11.9 Å². The van der Waals surface area contributed by atoms with Crippen molar-refractivity contribution in [3.63, 3.8) is 0 Å². The minimum atomic E-state index is -0.0184. The molecule has 1 atom stereocenters. The average molecular weight is 445 g/mol. The van der Waals surface area contributed by atoms with Gasteiger partial charge in [-0.2, -0.15) is 0 Å². The first kappa shape index (κ1) is 18.3. The number of pyridine rings is 1. The molecular formula is C21H19BrClN3O. The van der Waals surface area contributed by atoms with Gasteiger partial charge in [0.2, 0.25) is 0 Å². The Bertz CT molecular complexity index is 1020. The fourth-order valence-electron chi connectivity index (χ4n) is 3.65. The van der Waals surface area contributed by atoms with Gasteiger partial charge in [-0.1, -0.05) is 39.7 Å². The molecule has 3 aromatic rings. The number of amides is 1. The lowest BCUT2D eigenvalue weighted by Crippen LogP contribution is -2.31. The van der Waals surface area contributed by atoms with E-state index in [0.29, 0.717) is 23.7 Å². The molecule has 0 radical (unpaired) electrons. The minimum absolute atomic E-state index is 0.0184. The number of aromatic nitrogens is 1. The number of anilines is 1. The van der Waals surface area contributed by atoms with Crippen LogP contribution in [0.4, 0.5) is 5.69 Å². The second-order valence-corrected chi connectivity index (χ2v) is 8.19. The van der Waals surface area contributed by atoms with Gasteiger partial charge in [-0.05, 0) is 43.2 Å². The molecule has 1 aliphatic rings. The van der Waals surface area contributed by atoms with Crippen LogP contribution in [0.25, 0.3) is 10.8 Å². The Morgan fingerprint density at radius 1 is 1.30 bits per heavy atom. The second kappa shape index (κ2) is 7.49. The fraction of sp³-hybridized carbons (Fsp3) is 0.238. The summed E-state index contributed by atoms with van der Waals surface area (Å²) in [6.45, 7) is 3.44.